The van der Waals surface area contributed by atoms with Crippen LogP contribution in [0.3, 0.4) is 0 Å². The number of rotatable bonds is 4. The molecular weight excluding hydrogens is 183 g/mol. The molecule has 0 bridgehead atoms. The van der Waals surface area contributed by atoms with E-state index in [2.05, 4.69) is 5.32 Å². The highest BCUT2D eigenvalue weighted by molar-refractivity contribution is 5.41. The molecule has 3 nitrogen and oxygen atoms in total. The van der Waals surface area contributed by atoms with Crippen molar-refractivity contribution < 1.29 is 9.50 Å². The Bertz CT molecular complexity index is 304. The maximum Gasteiger partial charge on any atom is 0.146 e. The fourth-order valence-corrected chi connectivity index (χ4v) is 1.21. The van der Waals surface area contributed by atoms with Crippen LogP contribution in [0.1, 0.15) is 18.5 Å². The van der Waals surface area contributed by atoms with E-state index in [-0.39, 0.29) is 18.3 Å². The summed E-state index contributed by atoms with van der Waals surface area (Å²) in [7, 11) is 0. The Hall–Kier alpha value is -1.13. The van der Waals surface area contributed by atoms with Gasteiger partial charge in [-0.05, 0) is 24.6 Å². The maximum atomic E-state index is 13.1. The zero-order valence-corrected chi connectivity index (χ0v) is 8.13. The lowest BCUT2D eigenvalue weighted by Crippen LogP contribution is -2.22. The van der Waals surface area contributed by atoms with Gasteiger partial charge in [-0.3, -0.25) is 0 Å². The van der Waals surface area contributed by atoms with Crippen molar-refractivity contribution in [2.24, 2.45) is 0 Å². The first-order chi connectivity index (χ1) is 6.65. The van der Waals surface area contributed by atoms with Crippen molar-refractivity contribution in [3.8, 4) is 0 Å². The number of aliphatic hydroxyl groups excluding tert-OH is 1. The molecule has 1 atom stereocenters. The molecule has 78 valence electrons. The Balaban J connectivity index is 2.70. The summed E-state index contributed by atoms with van der Waals surface area (Å²) in [4.78, 5) is 0. The molecule has 0 aliphatic heterocycles. The van der Waals surface area contributed by atoms with E-state index in [0.29, 0.717) is 6.54 Å². The van der Waals surface area contributed by atoms with Crippen LogP contribution in [0.15, 0.2) is 18.2 Å². The predicted molar refractivity (Wildman–Crippen MR) is 54.3 cm³/mol. The fourth-order valence-electron chi connectivity index (χ4n) is 1.21. The Kier molecular flexibility index (Phi) is 3.85. The van der Waals surface area contributed by atoms with Gasteiger partial charge in [-0.2, -0.15) is 0 Å². The summed E-state index contributed by atoms with van der Waals surface area (Å²) in [5.74, 6) is -0.403. The summed E-state index contributed by atoms with van der Waals surface area (Å²) in [5.41, 5.74) is 6.33. The van der Waals surface area contributed by atoms with Crippen molar-refractivity contribution in [2.45, 2.75) is 13.0 Å². The summed E-state index contributed by atoms with van der Waals surface area (Å²) in [6.45, 7) is 2.47. The monoisotopic (exact) mass is 198 g/mol. The van der Waals surface area contributed by atoms with Crippen LogP contribution in [0.2, 0.25) is 0 Å². The van der Waals surface area contributed by atoms with Crippen LogP contribution in [0.5, 0.6) is 0 Å². The summed E-state index contributed by atoms with van der Waals surface area (Å²) < 4.78 is 13.1. The molecule has 0 unspecified atom stereocenters. The van der Waals surface area contributed by atoms with Gasteiger partial charge < -0.3 is 16.2 Å². The van der Waals surface area contributed by atoms with Gasteiger partial charge in [0.15, 0.2) is 0 Å². The quantitative estimate of drug-likeness (QED) is 0.634. The van der Waals surface area contributed by atoms with Crippen LogP contribution in [-0.4, -0.2) is 18.3 Å². The molecule has 1 rings (SSSR count). The predicted octanol–water partition coefficient (Wildman–Crippen LogP) is 1.05. The van der Waals surface area contributed by atoms with E-state index in [0.717, 1.165) is 5.56 Å². The molecule has 0 saturated heterocycles. The van der Waals surface area contributed by atoms with Crippen molar-refractivity contribution in [1.29, 1.82) is 0 Å². The van der Waals surface area contributed by atoms with Crippen molar-refractivity contribution in [1.82, 2.24) is 5.32 Å². The topological polar surface area (TPSA) is 58.3 Å². The molecule has 0 aliphatic rings. The summed E-state index contributed by atoms with van der Waals surface area (Å²) in [6.07, 6.45) is 0. The molecule has 0 aromatic heterocycles. The van der Waals surface area contributed by atoms with E-state index < -0.39 is 5.82 Å². The number of nitrogens with one attached hydrogen (secondary N) is 1. The molecule has 0 amide bonds. The second-order valence-corrected chi connectivity index (χ2v) is 3.18. The third-order valence-corrected chi connectivity index (χ3v) is 2.09. The minimum atomic E-state index is -0.403. The minimum Gasteiger partial charge on any atom is -0.396 e. The van der Waals surface area contributed by atoms with Gasteiger partial charge in [0.05, 0.1) is 12.3 Å². The van der Waals surface area contributed by atoms with E-state index in [1.807, 2.05) is 6.92 Å². The number of aliphatic hydroxyl groups is 1. The Morgan fingerprint density at radius 1 is 1.57 bits per heavy atom. The van der Waals surface area contributed by atoms with Gasteiger partial charge in [-0.25, -0.2) is 4.39 Å². The number of halogens is 1. The van der Waals surface area contributed by atoms with Crippen LogP contribution in [0.4, 0.5) is 10.1 Å². The van der Waals surface area contributed by atoms with Gasteiger partial charge in [-0.15, -0.1) is 0 Å². The number of anilines is 1. The zero-order chi connectivity index (χ0) is 10.6. The summed E-state index contributed by atoms with van der Waals surface area (Å²) >= 11 is 0. The van der Waals surface area contributed by atoms with Gasteiger partial charge >= 0.3 is 0 Å². The van der Waals surface area contributed by atoms with Gasteiger partial charge in [-0.1, -0.05) is 6.07 Å². The van der Waals surface area contributed by atoms with Crippen LogP contribution < -0.4 is 11.1 Å². The molecule has 0 heterocycles. The highest BCUT2D eigenvalue weighted by Crippen LogP contribution is 2.17. The lowest BCUT2D eigenvalue weighted by atomic mass is 10.1. The lowest BCUT2D eigenvalue weighted by molar-refractivity contribution is 0.286. The van der Waals surface area contributed by atoms with E-state index >= 15 is 0 Å². The Morgan fingerprint density at radius 2 is 2.29 bits per heavy atom. The third kappa shape index (κ3) is 2.68. The number of nitrogen functional groups attached to an aromatic ring is 1. The smallest absolute Gasteiger partial charge is 0.146 e. The van der Waals surface area contributed by atoms with Crippen LogP contribution in [-0.2, 0) is 0 Å². The van der Waals surface area contributed by atoms with Gasteiger partial charge in [0.25, 0.3) is 0 Å². The van der Waals surface area contributed by atoms with Crippen molar-refractivity contribution in [3.63, 3.8) is 0 Å². The molecule has 0 radical (unpaired) electrons. The molecule has 0 saturated carbocycles. The minimum absolute atomic E-state index is 0.0113. The molecule has 1 aromatic carbocycles. The summed E-state index contributed by atoms with van der Waals surface area (Å²) in [6, 6.07) is 4.73. The normalized spacial score (nSPS) is 12.8. The fraction of sp³-hybridized carbons (Fsp3) is 0.400. The Labute approximate surface area is 82.7 Å². The number of hydrogen-bond acceptors (Lipinski definition) is 3. The molecule has 4 heteroatoms. The lowest BCUT2D eigenvalue weighted by Gasteiger charge is -2.13. The molecule has 4 N–H and O–H groups in total. The van der Waals surface area contributed by atoms with E-state index in [1.54, 1.807) is 12.1 Å². The van der Waals surface area contributed by atoms with E-state index in [4.69, 9.17) is 10.8 Å². The van der Waals surface area contributed by atoms with E-state index in [1.165, 1.54) is 6.07 Å². The molecule has 0 fully saturated rings. The molecular formula is C10H15FN2O. The van der Waals surface area contributed by atoms with Gasteiger partial charge in [0.2, 0.25) is 0 Å². The number of benzene rings is 1. The largest absolute Gasteiger partial charge is 0.396 e. The van der Waals surface area contributed by atoms with Crippen molar-refractivity contribution >= 4 is 5.69 Å². The molecule has 0 spiro atoms. The first kappa shape index (κ1) is 10.9. The highest BCUT2D eigenvalue weighted by atomic mass is 19.1. The van der Waals surface area contributed by atoms with E-state index in [9.17, 15) is 4.39 Å². The molecule has 1 aromatic rings. The molecule has 14 heavy (non-hydrogen) atoms. The molecule has 0 aliphatic carbocycles. The van der Waals surface area contributed by atoms with Crippen molar-refractivity contribution in [3.05, 3.63) is 29.6 Å². The Morgan fingerprint density at radius 3 is 2.86 bits per heavy atom. The van der Waals surface area contributed by atoms with Gasteiger partial charge in [0, 0.05) is 12.6 Å². The van der Waals surface area contributed by atoms with Gasteiger partial charge in [0.1, 0.15) is 5.82 Å². The first-order valence-corrected chi connectivity index (χ1v) is 4.54. The number of nitrogens with two attached hydrogens (primary N) is 1. The average molecular weight is 198 g/mol. The SMILES string of the molecule is C[C@H](NCCO)c1ccc(N)c(F)c1. The second-order valence-electron chi connectivity index (χ2n) is 3.18. The van der Waals surface area contributed by atoms with Crippen LogP contribution in [0, 0.1) is 5.82 Å². The second kappa shape index (κ2) is 4.93. The zero-order valence-electron chi connectivity index (χ0n) is 8.13. The standard InChI is InChI=1S/C10H15FN2O/c1-7(13-4-5-14)8-2-3-10(12)9(11)6-8/h2-3,6-7,13-14H,4-5,12H2,1H3/t7-/m0/s1. The number of hydrogen-bond donors (Lipinski definition) is 3. The highest BCUT2D eigenvalue weighted by Gasteiger charge is 2.06. The van der Waals surface area contributed by atoms with Crippen LogP contribution >= 0.6 is 0 Å². The van der Waals surface area contributed by atoms with Crippen molar-refractivity contribution in [2.75, 3.05) is 18.9 Å². The van der Waals surface area contributed by atoms with Crippen LogP contribution in [0.25, 0.3) is 0 Å². The summed E-state index contributed by atoms with van der Waals surface area (Å²) in [5, 5.41) is 11.6. The average Bonchev–Trinajstić information content (AvgIpc) is 2.18. The first-order valence-electron chi connectivity index (χ1n) is 4.54. The third-order valence-electron chi connectivity index (χ3n) is 2.09. The maximum absolute atomic E-state index is 13.1.